The maximum Gasteiger partial charge on any atom is 0.110 e. The molecule has 1 aromatic rings. The molecule has 1 unspecified atom stereocenters. The van der Waals surface area contributed by atoms with Crippen LogP contribution in [0.4, 0.5) is 0 Å². The Balaban J connectivity index is 2.88. The minimum Gasteiger partial charge on any atom is -0.346 e. The van der Waals surface area contributed by atoms with Crippen LogP contribution in [0.15, 0.2) is 0 Å². The zero-order chi connectivity index (χ0) is 9.14. The number of H-pyrrole nitrogens is 1. The van der Waals surface area contributed by atoms with E-state index in [1.807, 2.05) is 0 Å². The smallest absolute Gasteiger partial charge is 0.110 e. The first-order valence-corrected chi connectivity index (χ1v) is 4.44. The van der Waals surface area contributed by atoms with Gasteiger partial charge in [0.1, 0.15) is 5.82 Å². The summed E-state index contributed by atoms with van der Waals surface area (Å²) in [5.41, 5.74) is 7.88. The van der Waals surface area contributed by atoms with Gasteiger partial charge in [0.2, 0.25) is 0 Å². The van der Waals surface area contributed by atoms with E-state index < -0.39 is 0 Å². The van der Waals surface area contributed by atoms with Gasteiger partial charge < -0.3 is 10.7 Å². The van der Waals surface area contributed by atoms with Crippen molar-refractivity contribution >= 4 is 0 Å². The Morgan fingerprint density at radius 1 is 1.58 bits per heavy atom. The van der Waals surface area contributed by atoms with E-state index in [0.717, 1.165) is 17.9 Å². The zero-order valence-electron chi connectivity index (χ0n) is 8.02. The molecule has 1 heterocycles. The number of hydrogen-bond acceptors (Lipinski definition) is 2. The lowest BCUT2D eigenvalue weighted by molar-refractivity contribution is 0.720. The van der Waals surface area contributed by atoms with Crippen LogP contribution in [0, 0.1) is 6.92 Å². The molecule has 12 heavy (non-hydrogen) atoms. The van der Waals surface area contributed by atoms with Gasteiger partial charge in [-0.3, -0.25) is 0 Å². The highest BCUT2D eigenvalue weighted by molar-refractivity contribution is 5.14. The molecular formula is C9H17N3. The van der Waals surface area contributed by atoms with E-state index in [1.165, 1.54) is 5.69 Å². The third-order valence-corrected chi connectivity index (χ3v) is 2.16. The second-order valence-electron chi connectivity index (χ2n) is 3.18. The van der Waals surface area contributed by atoms with E-state index in [1.54, 1.807) is 0 Å². The van der Waals surface area contributed by atoms with Crippen molar-refractivity contribution in [3.8, 4) is 0 Å². The number of rotatable bonds is 3. The third-order valence-electron chi connectivity index (χ3n) is 2.16. The summed E-state index contributed by atoms with van der Waals surface area (Å²) < 4.78 is 0. The molecule has 0 bridgehead atoms. The Morgan fingerprint density at radius 2 is 2.25 bits per heavy atom. The predicted octanol–water partition coefficient (Wildman–Crippen LogP) is 1.34. The van der Waals surface area contributed by atoms with E-state index >= 15 is 0 Å². The molecule has 0 spiro atoms. The zero-order valence-corrected chi connectivity index (χ0v) is 8.02. The van der Waals surface area contributed by atoms with Crippen molar-refractivity contribution in [3.63, 3.8) is 0 Å². The minimum atomic E-state index is 0.337. The molecule has 0 aliphatic carbocycles. The van der Waals surface area contributed by atoms with Gasteiger partial charge in [-0.2, -0.15) is 0 Å². The van der Waals surface area contributed by atoms with Crippen LogP contribution in [0.25, 0.3) is 0 Å². The van der Waals surface area contributed by atoms with Crippen molar-refractivity contribution in [3.05, 3.63) is 17.2 Å². The molecule has 3 heteroatoms. The van der Waals surface area contributed by atoms with Gasteiger partial charge in [0.25, 0.3) is 0 Å². The summed E-state index contributed by atoms with van der Waals surface area (Å²) in [4.78, 5) is 7.72. The van der Waals surface area contributed by atoms with Crippen molar-refractivity contribution in [1.82, 2.24) is 9.97 Å². The van der Waals surface area contributed by atoms with E-state index in [0.29, 0.717) is 12.5 Å². The topological polar surface area (TPSA) is 54.7 Å². The Bertz CT molecular complexity index is 252. The molecule has 0 aromatic carbocycles. The van der Waals surface area contributed by atoms with E-state index in [4.69, 9.17) is 5.73 Å². The molecule has 0 amide bonds. The maximum atomic E-state index is 5.54. The molecule has 0 radical (unpaired) electrons. The van der Waals surface area contributed by atoms with Crippen LogP contribution in [0.1, 0.15) is 37.0 Å². The van der Waals surface area contributed by atoms with Crippen LogP contribution < -0.4 is 5.73 Å². The van der Waals surface area contributed by atoms with Gasteiger partial charge in [-0.15, -0.1) is 0 Å². The van der Waals surface area contributed by atoms with E-state index in [-0.39, 0.29) is 0 Å². The summed E-state index contributed by atoms with van der Waals surface area (Å²) in [6, 6.07) is 0. The number of aromatic nitrogens is 2. The average molecular weight is 167 g/mol. The van der Waals surface area contributed by atoms with Gasteiger partial charge in [0, 0.05) is 18.2 Å². The summed E-state index contributed by atoms with van der Waals surface area (Å²) >= 11 is 0. The van der Waals surface area contributed by atoms with Gasteiger partial charge in [-0.1, -0.05) is 13.8 Å². The standard InChI is InChI=1S/C9H17N3/c1-4-8-7(3)11-9(12-8)6(2)5-10/h6H,4-5,10H2,1-3H3,(H,11,12). The molecule has 0 saturated carbocycles. The fourth-order valence-electron chi connectivity index (χ4n) is 1.21. The quantitative estimate of drug-likeness (QED) is 0.713. The third kappa shape index (κ3) is 1.67. The second-order valence-corrected chi connectivity index (χ2v) is 3.18. The largest absolute Gasteiger partial charge is 0.346 e. The van der Waals surface area contributed by atoms with Gasteiger partial charge in [0.05, 0.1) is 5.69 Å². The molecule has 1 atom stereocenters. The molecular weight excluding hydrogens is 150 g/mol. The van der Waals surface area contributed by atoms with Crippen LogP contribution >= 0.6 is 0 Å². The number of nitrogens with two attached hydrogens (primary N) is 1. The first kappa shape index (κ1) is 9.26. The van der Waals surface area contributed by atoms with Crippen LogP contribution in [0.2, 0.25) is 0 Å². The summed E-state index contributed by atoms with van der Waals surface area (Å²) in [7, 11) is 0. The first-order valence-electron chi connectivity index (χ1n) is 4.44. The average Bonchev–Trinajstić information content (AvgIpc) is 2.45. The summed E-state index contributed by atoms with van der Waals surface area (Å²) in [5.74, 6) is 1.36. The Kier molecular flexibility index (Phi) is 2.87. The first-order chi connectivity index (χ1) is 5.69. The molecule has 0 fully saturated rings. The number of nitrogens with zero attached hydrogens (tertiary/aromatic N) is 1. The number of nitrogens with one attached hydrogen (secondary N) is 1. The fraction of sp³-hybridized carbons (Fsp3) is 0.667. The Hall–Kier alpha value is -0.830. The van der Waals surface area contributed by atoms with E-state index in [9.17, 15) is 0 Å². The van der Waals surface area contributed by atoms with Crippen molar-refractivity contribution in [2.24, 2.45) is 5.73 Å². The van der Waals surface area contributed by atoms with Gasteiger partial charge in [-0.05, 0) is 13.3 Å². The van der Waals surface area contributed by atoms with Crippen LogP contribution in [-0.2, 0) is 6.42 Å². The highest BCUT2D eigenvalue weighted by Gasteiger charge is 2.09. The summed E-state index contributed by atoms with van der Waals surface area (Å²) in [6.45, 7) is 6.90. The Morgan fingerprint density at radius 3 is 2.67 bits per heavy atom. The van der Waals surface area contributed by atoms with Crippen LogP contribution in [0.5, 0.6) is 0 Å². The fourth-order valence-corrected chi connectivity index (χ4v) is 1.21. The lowest BCUT2D eigenvalue weighted by Gasteiger charge is -2.02. The normalized spacial score (nSPS) is 13.3. The maximum absolute atomic E-state index is 5.54. The molecule has 68 valence electrons. The molecule has 1 rings (SSSR count). The highest BCUT2D eigenvalue weighted by atomic mass is 14.9. The molecule has 3 N–H and O–H groups in total. The highest BCUT2D eigenvalue weighted by Crippen LogP contribution is 2.13. The number of imidazole rings is 1. The number of aromatic amines is 1. The SMILES string of the molecule is CCc1nc(C(C)CN)[nH]c1C. The number of hydrogen-bond donors (Lipinski definition) is 2. The Labute approximate surface area is 73.4 Å². The predicted molar refractivity (Wildman–Crippen MR) is 50.2 cm³/mol. The number of aryl methyl sites for hydroxylation is 2. The summed E-state index contributed by atoms with van der Waals surface area (Å²) in [6.07, 6.45) is 0.986. The monoisotopic (exact) mass is 167 g/mol. The van der Waals surface area contributed by atoms with Gasteiger partial charge in [0.15, 0.2) is 0 Å². The van der Waals surface area contributed by atoms with Crippen molar-refractivity contribution in [1.29, 1.82) is 0 Å². The van der Waals surface area contributed by atoms with E-state index in [2.05, 4.69) is 30.7 Å². The van der Waals surface area contributed by atoms with Crippen molar-refractivity contribution < 1.29 is 0 Å². The molecule has 3 nitrogen and oxygen atoms in total. The van der Waals surface area contributed by atoms with Crippen molar-refractivity contribution in [2.75, 3.05) is 6.54 Å². The second kappa shape index (κ2) is 3.72. The van der Waals surface area contributed by atoms with Crippen molar-refractivity contribution in [2.45, 2.75) is 33.1 Å². The molecule has 1 aromatic heterocycles. The van der Waals surface area contributed by atoms with Gasteiger partial charge >= 0.3 is 0 Å². The minimum absolute atomic E-state index is 0.337. The summed E-state index contributed by atoms with van der Waals surface area (Å²) in [5, 5.41) is 0. The van der Waals surface area contributed by atoms with Gasteiger partial charge in [-0.25, -0.2) is 4.98 Å². The molecule has 0 aliphatic heterocycles. The lowest BCUT2D eigenvalue weighted by Crippen LogP contribution is -2.10. The molecule has 0 aliphatic rings. The lowest BCUT2D eigenvalue weighted by atomic mass is 10.2. The molecule has 0 saturated heterocycles. The van der Waals surface area contributed by atoms with Crippen LogP contribution in [0.3, 0.4) is 0 Å². The van der Waals surface area contributed by atoms with Crippen LogP contribution in [-0.4, -0.2) is 16.5 Å².